The number of thiocarbonyl (C=S) groups is 1. The summed E-state index contributed by atoms with van der Waals surface area (Å²) in [4.78, 5) is 0.745. The minimum Gasteiger partial charge on any atom is -0.490 e. The predicted molar refractivity (Wildman–Crippen MR) is 96.5 cm³/mol. The van der Waals surface area contributed by atoms with Gasteiger partial charge in [-0.25, -0.2) is 0 Å². The van der Waals surface area contributed by atoms with Crippen molar-refractivity contribution in [3.05, 3.63) is 77.9 Å². The van der Waals surface area contributed by atoms with Crippen LogP contribution < -0.4 is 10.1 Å². The Morgan fingerprint density at radius 3 is 2.32 bits per heavy atom. The van der Waals surface area contributed by atoms with Gasteiger partial charge in [-0.05, 0) is 41.8 Å². The summed E-state index contributed by atoms with van der Waals surface area (Å²) in [6.07, 6.45) is 2.79. The van der Waals surface area contributed by atoms with Gasteiger partial charge in [0, 0.05) is 12.1 Å². The quantitative estimate of drug-likeness (QED) is 0.609. The lowest BCUT2D eigenvalue weighted by Gasteiger charge is -2.10. The van der Waals surface area contributed by atoms with E-state index in [4.69, 9.17) is 17.0 Å². The summed E-state index contributed by atoms with van der Waals surface area (Å²) in [6.45, 7) is 7.03. The molecule has 22 heavy (non-hydrogen) atoms. The zero-order valence-electron chi connectivity index (χ0n) is 12.8. The molecule has 3 heteroatoms. The van der Waals surface area contributed by atoms with Gasteiger partial charge in [-0.15, -0.1) is 0 Å². The van der Waals surface area contributed by atoms with E-state index >= 15 is 0 Å². The summed E-state index contributed by atoms with van der Waals surface area (Å²) in [5.41, 5.74) is 3.57. The molecular weight excluding hydrogens is 290 g/mol. The van der Waals surface area contributed by atoms with E-state index in [0.29, 0.717) is 6.61 Å². The van der Waals surface area contributed by atoms with Crippen molar-refractivity contribution in [2.24, 2.45) is 0 Å². The van der Waals surface area contributed by atoms with Gasteiger partial charge >= 0.3 is 0 Å². The summed E-state index contributed by atoms with van der Waals surface area (Å²) >= 11 is 5.43. The van der Waals surface area contributed by atoms with Crippen molar-refractivity contribution in [3.8, 4) is 5.75 Å². The molecule has 0 fully saturated rings. The normalized spacial score (nSPS) is 10.0. The Morgan fingerprint density at radius 2 is 1.73 bits per heavy atom. The van der Waals surface area contributed by atoms with Gasteiger partial charge in [0.1, 0.15) is 17.3 Å². The molecule has 0 heterocycles. The van der Waals surface area contributed by atoms with E-state index < -0.39 is 0 Å². The van der Waals surface area contributed by atoms with E-state index in [1.807, 2.05) is 24.3 Å². The van der Waals surface area contributed by atoms with Gasteiger partial charge in [-0.2, -0.15) is 0 Å². The van der Waals surface area contributed by atoms with Crippen molar-refractivity contribution in [2.75, 3.05) is 6.61 Å². The fourth-order valence-electron chi connectivity index (χ4n) is 2.03. The third kappa shape index (κ3) is 4.71. The lowest BCUT2D eigenvalue weighted by atomic mass is 10.1. The number of hydrogen-bond acceptors (Lipinski definition) is 2. The maximum Gasteiger partial charge on any atom is 0.119 e. The number of ether oxygens (including phenoxy) is 1. The Bertz CT molecular complexity index is 617. The molecule has 0 unspecified atom stereocenters. The minimum absolute atomic E-state index is 0.510. The fourth-order valence-corrected chi connectivity index (χ4v) is 2.24. The van der Waals surface area contributed by atoms with Crippen molar-refractivity contribution >= 4 is 17.2 Å². The van der Waals surface area contributed by atoms with Gasteiger partial charge in [0.05, 0.1) is 0 Å². The zero-order valence-corrected chi connectivity index (χ0v) is 13.7. The summed E-state index contributed by atoms with van der Waals surface area (Å²) in [6, 6.07) is 16.4. The molecule has 2 aromatic carbocycles. The summed E-state index contributed by atoms with van der Waals surface area (Å²) < 4.78 is 5.46. The highest BCUT2D eigenvalue weighted by Crippen LogP contribution is 2.13. The van der Waals surface area contributed by atoms with Crippen LogP contribution in [-0.4, -0.2) is 11.6 Å². The van der Waals surface area contributed by atoms with Crippen molar-refractivity contribution in [3.63, 3.8) is 0 Å². The van der Waals surface area contributed by atoms with Gasteiger partial charge in [-0.3, -0.25) is 0 Å². The first-order valence-electron chi connectivity index (χ1n) is 7.42. The Labute approximate surface area is 137 Å². The van der Waals surface area contributed by atoms with Crippen LogP contribution in [0.1, 0.15) is 23.6 Å². The number of rotatable bonds is 7. The van der Waals surface area contributed by atoms with Crippen LogP contribution in [0.15, 0.2) is 61.2 Å². The Morgan fingerprint density at radius 1 is 1.09 bits per heavy atom. The molecule has 2 aromatic rings. The van der Waals surface area contributed by atoms with Crippen LogP contribution in [0, 0.1) is 0 Å². The maximum absolute atomic E-state index is 5.46. The van der Waals surface area contributed by atoms with E-state index in [1.165, 1.54) is 11.1 Å². The smallest absolute Gasteiger partial charge is 0.119 e. The monoisotopic (exact) mass is 311 g/mol. The van der Waals surface area contributed by atoms with E-state index in [1.54, 1.807) is 6.08 Å². The molecule has 2 rings (SSSR count). The van der Waals surface area contributed by atoms with Crippen LogP contribution in [0.5, 0.6) is 5.75 Å². The topological polar surface area (TPSA) is 21.3 Å². The van der Waals surface area contributed by atoms with Gasteiger partial charge < -0.3 is 10.1 Å². The van der Waals surface area contributed by atoms with Crippen molar-refractivity contribution < 1.29 is 4.74 Å². The first-order valence-corrected chi connectivity index (χ1v) is 7.83. The first-order chi connectivity index (χ1) is 10.7. The Balaban J connectivity index is 1.89. The highest BCUT2D eigenvalue weighted by molar-refractivity contribution is 7.80. The number of nitrogens with one attached hydrogen (secondary N) is 1. The van der Waals surface area contributed by atoms with Gasteiger partial charge in [0.25, 0.3) is 0 Å². The van der Waals surface area contributed by atoms with Crippen molar-refractivity contribution in [1.82, 2.24) is 5.32 Å². The summed E-state index contributed by atoms with van der Waals surface area (Å²) in [5.74, 6) is 0.821. The molecule has 0 radical (unpaired) electrons. The minimum atomic E-state index is 0.510. The molecule has 0 amide bonds. The molecule has 0 aromatic heterocycles. The van der Waals surface area contributed by atoms with Crippen LogP contribution >= 0.6 is 12.2 Å². The number of aryl methyl sites for hydroxylation is 1. The maximum atomic E-state index is 5.46. The van der Waals surface area contributed by atoms with Crippen LogP contribution in [0.25, 0.3) is 0 Å². The average Bonchev–Trinajstić information content (AvgIpc) is 2.58. The lowest BCUT2D eigenvalue weighted by molar-refractivity contribution is 0.363. The van der Waals surface area contributed by atoms with Gasteiger partial charge in [0.15, 0.2) is 0 Å². The summed E-state index contributed by atoms with van der Waals surface area (Å²) in [7, 11) is 0. The standard InChI is InChI=1S/C19H21NOS/c1-3-13-21-18-11-9-17(10-12-18)19(22)20-14-16-7-5-15(4-2)6-8-16/h3,5-12H,1,4,13-14H2,2H3,(H,20,22). The molecule has 0 saturated heterocycles. The Hall–Kier alpha value is -2.13. The van der Waals surface area contributed by atoms with E-state index in [2.05, 4.69) is 43.1 Å². The third-order valence-electron chi connectivity index (χ3n) is 3.37. The van der Waals surface area contributed by atoms with Crippen LogP contribution in [-0.2, 0) is 13.0 Å². The van der Waals surface area contributed by atoms with E-state index in [9.17, 15) is 0 Å². The van der Waals surface area contributed by atoms with Crippen LogP contribution in [0.2, 0.25) is 0 Å². The van der Waals surface area contributed by atoms with Crippen LogP contribution in [0.4, 0.5) is 0 Å². The van der Waals surface area contributed by atoms with Gasteiger partial charge in [0.2, 0.25) is 0 Å². The van der Waals surface area contributed by atoms with Crippen LogP contribution in [0.3, 0.4) is 0 Å². The molecule has 0 saturated carbocycles. The third-order valence-corrected chi connectivity index (χ3v) is 3.75. The highest BCUT2D eigenvalue weighted by atomic mass is 32.1. The molecule has 114 valence electrons. The zero-order chi connectivity index (χ0) is 15.8. The van der Waals surface area contributed by atoms with E-state index in [-0.39, 0.29) is 0 Å². The molecule has 0 aliphatic heterocycles. The fraction of sp³-hybridized carbons (Fsp3) is 0.211. The Kier molecular flexibility index (Phi) is 6.16. The second-order valence-corrected chi connectivity index (χ2v) is 5.39. The largest absolute Gasteiger partial charge is 0.490 e. The molecule has 1 N–H and O–H groups in total. The molecule has 0 bridgehead atoms. The molecule has 0 spiro atoms. The second-order valence-electron chi connectivity index (χ2n) is 4.98. The number of hydrogen-bond donors (Lipinski definition) is 1. The first kappa shape index (κ1) is 16.2. The summed E-state index contributed by atoms with van der Waals surface area (Å²) in [5, 5.41) is 3.29. The van der Waals surface area contributed by atoms with Crippen molar-refractivity contribution in [2.45, 2.75) is 19.9 Å². The average molecular weight is 311 g/mol. The second kappa shape index (κ2) is 8.35. The highest BCUT2D eigenvalue weighted by Gasteiger charge is 2.02. The van der Waals surface area contributed by atoms with Gasteiger partial charge in [-0.1, -0.05) is 56.1 Å². The van der Waals surface area contributed by atoms with E-state index in [0.717, 1.165) is 29.3 Å². The lowest BCUT2D eigenvalue weighted by Crippen LogP contribution is -2.21. The molecule has 0 atom stereocenters. The molecule has 2 nitrogen and oxygen atoms in total. The SMILES string of the molecule is C=CCOc1ccc(C(=S)NCc2ccc(CC)cc2)cc1. The molecular formula is C19H21NOS. The predicted octanol–water partition coefficient (Wildman–Crippen LogP) is 4.28. The van der Waals surface area contributed by atoms with Crippen molar-refractivity contribution in [1.29, 1.82) is 0 Å². The molecule has 0 aliphatic carbocycles. The number of benzene rings is 2. The molecule has 0 aliphatic rings.